The first-order valence-electron chi connectivity index (χ1n) is 8.59. The number of fused-ring (bicyclic) bond motifs is 1. The Hall–Kier alpha value is -2.24. The number of nitrogens with zero attached hydrogens (tertiary/aromatic N) is 4. The van der Waals surface area contributed by atoms with E-state index in [1.54, 1.807) is 0 Å². The van der Waals surface area contributed by atoms with E-state index < -0.39 is 0 Å². The maximum Gasteiger partial charge on any atom is 0.0844 e. The number of rotatable bonds is 5. The van der Waals surface area contributed by atoms with Gasteiger partial charge in [0, 0.05) is 24.4 Å². The number of aliphatic hydroxyl groups excluding tert-OH is 1. The third-order valence-electron chi connectivity index (χ3n) is 4.92. The SMILES string of the molecule is OCC1CCCN1CCc1cn(-c2cccc3ccccc23)nn1. The Balaban J connectivity index is 1.52. The minimum atomic E-state index is 0.253. The maximum absolute atomic E-state index is 9.41. The molecule has 0 saturated carbocycles. The van der Waals surface area contributed by atoms with Crippen LogP contribution in [0.1, 0.15) is 18.5 Å². The molecule has 1 aromatic heterocycles. The van der Waals surface area contributed by atoms with Crippen molar-refractivity contribution < 1.29 is 5.11 Å². The fraction of sp³-hybridized carbons (Fsp3) is 0.368. The van der Waals surface area contributed by atoms with Crippen LogP contribution in [-0.4, -0.2) is 50.7 Å². The van der Waals surface area contributed by atoms with Gasteiger partial charge in [0.05, 0.1) is 24.2 Å². The number of likely N-dealkylation sites (tertiary alicyclic amines) is 1. The van der Waals surface area contributed by atoms with Gasteiger partial charge in [-0.2, -0.15) is 0 Å². The predicted molar refractivity (Wildman–Crippen MR) is 94.2 cm³/mol. The summed E-state index contributed by atoms with van der Waals surface area (Å²) >= 11 is 0. The lowest BCUT2D eigenvalue weighted by Gasteiger charge is -2.21. The predicted octanol–water partition coefficient (Wildman–Crippen LogP) is 2.42. The van der Waals surface area contributed by atoms with Crippen LogP contribution in [0, 0.1) is 0 Å². The van der Waals surface area contributed by atoms with Gasteiger partial charge in [-0.05, 0) is 30.8 Å². The van der Waals surface area contributed by atoms with E-state index in [9.17, 15) is 5.11 Å². The molecule has 1 saturated heterocycles. The summed E-state index contributed by atoms with van der Waals surface area (Å²) in [4.78, 5) is 2.36. The van der Waals surface area contributed by atoms with E-state index in [2.05, 4.69) is 45.5 Å². The van der Waals surface area contributed by atoms with Gasteiger partial charge in [-0.3, -0.25) is 4.90 Å². The van der Waals surface area contributed by atoms with Crippen molar-refractivity contribution in [2.45, 2.75) is 25.3 Å². The van der Waals surface area contributed by atoms with Gasteiger partial charge < -0.3 is 5.11 Å². The molecule has 0 aliphatic carbocycles. The fourth-order valence-electron chi connectivity index (χ4n) is 3.59. The van der Waals surface area contributed by atoms with Crippen molar-refractivity contribution in [2.75, 3.05) is 19.7 Å². The molecule has 2 heterocycles. The maximum atomic E-state index is 9.41. The minimum absolute atomic E-state index is 0.253. The number of aliphatic hydroxyl groups is 1. The molecule has 24 heavy (non-hydrogen) atoms. The van der Waals surface area contributed by atoms with Gasteiger partial charge in [0.1, 0.15) is 0 Å². The van der Waals surface area contributed by atoms with Gasteiger partial charge in [-0.15, -0.1) is 5.10 Å². The molecule has 1 N–H and O–H groups in total. The molecule has 124 valence electrons. The van der Waals surface area contributed by atoms with Gasteiger partial charge in [-0.1, -0.05) is 41.6 Å². The number of hydrogen-bond acceptors (Lipinski definition) is 4. The van der Waals surface area contributed by atoms with Gasteiger partial charge in [0.15, 0.2) is 0 Å². The van der Waals surface area contributed by atoms with Crippen LogP contribution >= 0.6 is 0 Å². The average Bonchev–Trinajstić information content (AvgIpc) is 3.28. The molecular formula is C19H22N4O. The van der Waals surface area contributed by atoms with Gasteiger partial charge in [-0.25, -0.2) is 4.68 Å². The second-order valence-electron chi connectivity index (χ2n) is 6.42. The Morgan fingerprint density at radius 3 is 2.92 bits per heavy atom. The monoisotopic (exact) mass is 322 g/mol. The summed E-state index contributed by atoms with van der Waals surface area (Å²) in [6.07, 6.45) is 5.15. The Morgan fingerprint density at radius 2 is 2.00 bits per heavy atom. The van der Waals surface area contributed by atoms with E-state index in [0.717, 1.165) is 37.3 Å². The van der Waals surface area contributed by atoms with Crippen LogP contribution in [-0.2, 0) is 6.42 Å². The van der Waals surface area contributed by atoms with Gasteiger partial charge >= 0.3 is 0 Å². The standard InChI is InChI=1S/C19H22N4O/c24-14-17-7-4-11-22(17)12-10-16-13-23(21-20-16)19-9-3-6-15-5-1-2-8-18(15)19/h1-3,5-6,8-9,13,17,24H,4,7,10-12,14H2. The molecule has 1 atom stereocenters. The van der Waals surface area contributed by atoms with E-state index in [1.807, 2.05) is 23.0 Å². The van der Waals surface area contributed by atoms with Crippen LogP contribution in [0.3, 0.4) is 0 Å². The zero-order valence-corrected chi connectivity index (χ0v) is 13.7. The zero-order chi connectivity index (χ0) is 16.4. The summed E-state index contributed by atoms with van der Waals surface area (Å²) in [7, 11) is 0. The fourth-order valence-corrected chi connectivity index (χ4v) is 3.59. The smallest absolute Gasteiger partial charge is 0.0844 e. The molecule has 1 aliphatic rings. The van der Waals surface area contributed by atoms with Crippen LogP contribution < -0.4 is 0 Å². The Kier molecular flexibility index (Phi) is 4.28. The second kappa shape index (κ2) is 6.71. The molecule has 1 aliphatic heterocycles. The van der Waals surface area contributed by atoms with E-state index in [4.69, 9.17) is 0 Å². The van der Waals surface area contributed by atoms with E-state index in [1.165, 1.54) is 17.2 Å². The number of aromatic nitrogens is 3. The molecule has 4 rings (SSSR count). The molecular weight excluding hydrogens is 300 g/mol. The van der Waals surface area contributed by atoms with Crippen molar-refractivity contribution >= 4 is 10.8 Å². The molecule has 1 fully saturated rings. The summed E-state index contributed by atoms with van der Waals surface area (Å²) in [6.45, 7) is 2.25. The summed E-state index contributed by atoms with van der Waals surface area (Å²) in [5, 5.41) is 20.4. The molecule has 5 heteroatoms. The molecule has 0 bridgehead atoms. The summed E-state index contributed by atoms with van der Waals surface area (Å²) < 4.78 is 1.87. The summed E-state index contributed by atoms with van der Waals surface area (Å²) in [6, 6.07) is 14.9. The Morgan fingerprint density at radius 1 is 1.12 bits per heavy atom. The lowest BCUT2D eigenvalue weighted by Crippen LogP contribution is -2.33. The van der Waals surface area contributed by atoms with Crippen molar-refractivity contribution in [3.05, 3.63) is 54.4 Å². The first-order chi connectivity index (χ1) is 11.8. The number of benzene rings is 2. The summed E-state index contributed by atoms with van der Waals surface area (Å²) in [5.74, 6) is 0. The van der Waals surface area contributed by atoms with Gasteiger partial charge in [0.25, 0.3) is 0 Å². The van der Waals surface area contributed by atoms with Crippen molar-refractivity contribution in [2.24, 2.45) is 0 Å². The van der Waals surface area contributed by atoms with Crippen LogP contribution in [0.15, 0.2) is 48.7 Å². The quantitative estimate of drug-likeness (QED) is 0.784. The van der Waals surface area contributed by atoms with Crippen molar-refractivity contribution in [1.29, 1.82) is 0 Å². The third kappa shape index (κ3) is 2.92. The molecule has 2 aromatic carbocycles. The first kappa shape index (κ1) is 15.3. The lowest BCUT2D eigenvalue weighted by atomic mass is 10.1. The van der Waals surface area contributed by atoms with Crippen LogP contribution in [0.2, 0.25) is 0 Å². The largest absolute Gasteiger partial charge is 0.395 e. The molecule has 0 amide bonds. The highest BCUT2D eigenvalue weighted by Crippen LogP contribution is 2.22. The van der Waals surface area contributed by atoms with Crippen LogP contribution in [0.5, 0.6) is 0 Å². The van der Waals surface area contributed by atoms with E-state index in [-0.39, 0.29) is 6.61 Å². The molecule has 3 aromatic rings. The Bertz CT molecular complexity index is 824. The van der Waals surface area contributed by atoms with Crippen molar-refractivity contribution in [1.82, 2.24) is 19.9 Å². The third-order valence-corrected chi connectivity index (χ3v) is 4.92. The Labute approximate surface area is 141 Å². The van der Waals surface area contributed by atoms with Crippen molar-refractivity contribution in [3.63, 3.8) is 0 Å². The highest BCUT2D eigenvalue weighted by atomic mass is 16.3. The van der Waals surface area contributed by atoms with Gasteiger partial charge in [0.2, 0.25) is 0 Å². The highest BCUT2D eigenvalue weighted by molar-refractivity contribution is 5.89. The van der Waals surface area contributed by atoms with Crippen LogP contribution in [0.25, 0.3) is 16.5 Å². The molecule has 5 nitrogen and oxygen atoms in total. The summed E-state index contributed by atoms with van der Waals surface area (Å²) in [5.41, 5.74) is 2.05. The lowest BCUT2D eigenvalue weighted by molar-refractivity contribution is 0.160. The highest BCUT2D eigenvalue weighted by Gasteiger charge is 2.23. The van der Waals surface area contributed by atoms with Crippen molar-refractivity contribution in [3.8, 4) is 5.69 Å². The molecule has 1 unspecified atom stereocenters. The zero-order valence-electron chi connectivity index (χ0n) is 13.7. The second-order valence-corrected chi connectivity index (χ2v) is 6.42. The molecule has 0 spiro atoms. The van der Waals surface area contributed by atoms with Crippen LogP contribution in [0.4, 0.5) is 0 Å². The average molecular weight is 322 g/mol. The number of hydrogen-bond donors (Lipinski definition) is 1. The van der Waals surface area contributed by atoms with E-state index >= 15 is 0 Å². The normalized spacial score (nSPS) is 18.5. The first-order valence-corrected chi connectivity index (χ1v) is 8.59. The molecule has 0 radical (unpaired) electrons. The topological polar surface area (TPSA) is 54.2 Å². The van der Waals surface area contributed by atoms with E-state index in [0.29, 0.717) is 6.04 Å². The minimum Gasteiger partial charge on any atom is -0.395 e.